The highest BCUT2D eigenvalue weighted by atomic mass is 19.2. The zero-order chi connectivity index (χ0) is 14.7. The molecule has 0 N–H and O–H groups in total. The molecule has 1 aromatic heterocycles. The summed E-state index contributed by atoms with van der Waals surface area (Å²) in [6, 6.07) is 5.33. The Labute approximate surface area is 115 Å². The van der Waals surface area contributed by atoms with Crippen molar-refractivity contribution in [3.05, 3.63) is 41.7 Å². The number of halogens is 2. The van der Waals surface area contributed by atoms with E-state index in [1.165, 1.54) is 18.2 Å². The van der Waals surface area contributed by atoms with Gasteiger partial charge in [-0.25, -0.2) is 13.8 Å². The Morgan fingerprint density at radius 2 is 2.05 bits per heavy atom. The fourth-order valence-corrected chi connectivity index (χ4v) is 1.66. The van der Waals surface area contributed by atoms with Gasteiger partial charge in [0.15, 0.2) is 17.7 Å². The van der Waals surface area contributed by atoms with Crippen LogP contribution in [0.3, 0.4) is 0 Å². The molecule has 0 fully saturated rings. The van der Waals surface area contributed by atoms with Crippen molar-refractivity contribution < 1.29 is 13.5 Å². The molecule has 1 aromatic carbocycles. The Morgan fingerprint density at radius 3 is 2.75 bits per heavy atom. The second-order valence-corrected chi connectivity index (χ2v) is 4.17. The molecule has 0 amide bonds. The summed E-state index contributed by atoms with van der Waals surface area (Å²) in [5.74, 6) is 1.11. The second kappa shape index (κ2) is 5.66. The average molecular weight is 274 g/mol. The first-order chi connectivity index (χ1) is 9.51. The van der Waals surface area contributed by atoms with Gasteiger partial charge in [0.05, 0.1) is 5.69 Å². The van der Waals surface area contributed by atoms with Gasteiger partial charge >= 0.3 is 0 Å². The van der Waals surface area contributed by atoms with Gasteiger partial charge in [0, 0.05) is 11.6 Å². The number of rotatable bonds is 3. The maximum absolute atomic E-state index is 13.8. The first kappa shape index (κ1) is 13.9. The lowest BCUT2D eigenvalue weighted by Crippen LogP contribution is -2.10. The summed E-state index contributed by atoms with van der Waals surface area (Å²) < 4.78 is 32.4. The molecule has 0 aliphatic carbocycles. The van der Waals surface area contributed by atoms with Crippen molar-refractivity contribution in [2.24, 2.45) is 0 Å². The predicted molar refractivity (Wildman–Crippen MR) is 71.0 cm³/mol. The third-order valence-corrected chi connectivity index (χ3v) is 2.57. The van der Waals surface area contributed by atoms with Crippen LogP contribution in [-0.2, 0) is 0 Å². The number of aryl methyl sites for hydroxylation is 1. The first-order valence-electron chi connectivity index (χ1n) is 5.94. The summed E-state index contributed by atoms with van der Waals surface area (Å²) in [6.45, 7) is 3.31. The Balaban J connectivity index is 2.47. The highest BCUT2D eigenvalue weighted by Crippen LogP contribution is 2.25. The van der Waals surface area contributed by atoms with Crippen LogP contribution in [0.15, 0.2) is 24.3 Å². The van der Waals surface area contributed by atoms with Gasteiger partial charge in [0.2, 0.25) is 5.88 Å². The molecule has 2 rings (SSSR count). The number of hydrogen-bond acceptors (Lipinski definition) is 3. The quantitative estimate of drug-likeness (QED) is 0.807. The molecule has 0 saturated carbocycles. The smallest absolute Gasteiger partial charge is 0.218 e. The summed E-state index contributed by atoms with van der Waals surface area (Å²) >= 11 is 0. The highest BCUT2D eigenvalue weighted by Gasteiger charge is 2.13. The first-order valence-corrected chi connectivity index (χ1v) is 5.94. The zero-order valence-corrected chi connectivity index (χ0v) is 11.0. The number of terminal acetylenes is 1. The number of nitrogens with zero attached hydrogens (tertiary/aromatic N) is 2. The number of hydrogen-bond donors (Lipinski definition) is 0. The molecule has 0 spiro atoms. The van der Waals surface area contributed by atoms with Crippen molar-refractivity contribution >= 4 is 0 Å². The fourth-order valence-electron chi connectivity index (χ4n) is 1.66. The monoisotopic (exact) mass is 274 g/mol. The summed E-state index contributed by atoms with van der Waals surface area (Å²) in [7, 11) is 0. The molecule has 1 heterocycles. The van der Waals surface area contributed by atoms with Crippen LogP contribution in [0.4, 0.5) is 8.78 Å². The summed E-state index contributed by atoms with van der Waals surface area (Å²) in [5, 5.41) is 0. The van der Waals surface area contributed by atoms with Crippen molar-refractivity contribution in [2.45, 2.75) is 20.0 Å². The Hall–Kier alpha value is -2.48. The molecule has 0 saturated heterocycles. The van der Waals surface area contributed by atoms with E-state index in [1.807, 2.05) is 0 Å². The molecule has 0 bridgehead atoms. The number of ether oxygens (including phenoxy) is 1. The topological polar surface area (TPSA) is 35.0 Å². The standard InChI is InChI=1S/C15H12F2N2O/c1-4-9(2)20-14-8-13(18-10(3)19-14)11-6-5-7-12(16)15(11)17/h1,5-9H,2-3H3. The van der Waals surface area contributed by atoms with Gasteiger partial charge in [-0.3, -0.25) is 0 Å². The van der Waals surface area contributed by atoms with Crippen LogP contribution < -0.4 is 4.74 Å². The molecule has 20 heavy (non-hydrogen) atoms. The average Bonchev–Trinajstić information content (AvgIpc) is 2.41. The van der Waals surface area contributed by atoms with Crippen molar-refractivity contribution in [3.8, 4) is 29.5 Å². The fraction of sp³-hybridized carbons (Fsp3) is 0.200. The van der Waals surface area contributed by atoms with E-state index in [1.54, 1.807) is 13.8 Å². The van der Waals surface area contributed by atoms with E-state index in [9.17, 15) is 8.78 Å². The molecule has 1 unspecified atom stereocenters. The van der Waals surface area contributed by atoms with Gasteiger partial charge < -0.3 is 4.74 Å². The molecule has 0 radical (unpaired) electrons. The lowest BCUT2D eigenvalue weighted by Gasteiger charge is -2.10. The second-order valence-electron chi connectivity index (χ2n) is 4.17. The van der Waals surface area contributed by atoms with E-state index in [0.29, 0.717) is 5.82 Å². The minimum absolute atomic E-state index is 0.0497. The van der Waals surface area contributed by atoms with E-state index < -0.39 is 17.7 Å². The molecule has 102 valence electrons. The van der Waals surface area contributed by atoms with Crippen LogP contribution in [-0.4, -0.2) is 16.1 Å². The number of benzene rings is 1. The summed E-state index contributed by atoms with van der Waals surface area (Å²) in [4.78, 5) is 8.14. The van der Waals surface area contributed by atoms with Crippen LogP contribution in [0.1, 0.15) is 12.7 Å². The van der Waals surface area contributed by atoms with Crippen molar-refractivity contribution in [1.29, 1.82) is 0 Å². The highest BCUT2D eigenvalue weighted by molar-refractivity contribution is 5.61. The van der Waals surface area contributed by atoms with Gasteiger partial charge in [-0.1, -0.05) is 12.0 Å². The molecular weight excluding hydrogens is 262 g/mol. The predicted octanol–water partition coefficient (Wildman–Crippen LogP) is 3.13. The van der Waals surface area contributed by atoms with Crippen LogP contribution in [0.2, 0.25) is 0 Å². The Kier molecular flexibility index (Phi) is 3.94. The van der Waals surface area contributed by atoms with E-state index in [4.69, 9.17) is 11.2 Å². The van der Waals surface area contributed by atoms with Crippen molar-refractivity contribution in [1.82, 2.24) is 9.97 Å². The van der Waals surface area contributed by atoms with Gasteiger partial charge in [-0.2, -0.15) is 4.98 Å². The number of aromatic nitrogens is 2. The van der Waals surface area contributed by atoms with Gasteiger partial charge in [0.1, 0.15) is 5.82 Å². The third-order valence-electron chi connectivity index (χ3n) is 2.57. The lowest BCUT2D eigenvalue weighted by molar-refractivity contribution is 0.267. The molecule has 2 aromatic rings. The molecule has 3 nitrogen and oxygen atoms in total. The molecule has 0 aliphatic rings. The lowest BCUT2D eigenvalue weighted by atomic mass is 10.1. The normalized spacial score (nSPS) is 11.8. The van der Waals surface area contributed by atoms with Crippen LogP contribution in [0.25, 0.3) is 11.3 Å². The van der Waals surface area contributed by atoms with Crippen LogP contribution in [0.5, 0.6) is 5.88 Å². The largest absolute Gasteiger partial charge is 0.461 e. The van der Waals surface area contributed by atoms with Crippen LogP contribution >= 0.6 is 0 Å². The maximum Gasteiger partial charge on any atom is 0.218 e. The molecule has 1 atom stereocenters. The van der Waals surface area contributed by atoms with Gasteiger partial charge in [0.25, 0.3) is 0 Å². The van der Waals surface area contributed by atoms with Crippen molar-refractivity contribution in [2.75, 3.05) is 0 Å². The van der Waals surface area contributed by atoms with Crippen LogP contribution in [0, 0.1) is 30.9 Å². The minimum atomic E-state index is -0.957. The van der Waals surface area contributed by atoms with Gasteiger partial charge in [-0.15, -0.1) is 6.42 Å². The zero-order valence-electron chi connectivity index (χ0n) is 11.0. The summed E-state index contributed by atoms with van der Waals surface area (Å²) in [5.41, 5.74) is 0.294. The minimum Gasteiger partial charge on any atom is -0.461 e. The maximum atomic E-state index is 13.8. The van der Waals surface area contributed by atoms with E-state index in [0.717, 1.165) is 6.07 Å². The Morgan fingerprint density at radius 1 is 1.30 bits per heavy atom. The Bertz CT molecular complexity index is 680. The van der Waals surface area contributed by atoms with E-state index >= 15 is 0 Å². The molecule has 5 heteroatoms. The molecule has 0 aliphatic heterocycles. The van der Waals surface area contributed by atoms with E-state index in [-0.39, 0.29) is 17.1 Å². The SMILES string of the molecule is C#CC(C)Oc1cc(-c2cccc(F)c2F)nc(C)n1. The van der Waals surface area contributed by atoms with Gasteiger partial charge in [-0.05, 0) is 26.0 Å². The van der Waals surface area contributed by atoms with E-state index in [2.05, 4.69) is 15.9 Å². The molecular formula is C15H12F2N2O. The third kappa shape index (κ3) is 2.91. The van der Waals surface area contributed by atoms with Crippen molar-refractivity contribution in [3.63, 3.8) is 0 Å². The summed E-state index contributed by atoms with van der Waals surface area (Å²) in [6.07, 6.45) is 4.75.